The Morgan fingerprint density at radius 1 is 1.75 bits per heavy atom. The van der Waals surface area contributed by atoms with Gasteiger partial charge in [0.1, 0.15) is 0 Å². The number of hydrogen-bond acceptors (Lipinski definition) is 0. The van der Waals surface area contributed by atoms with E-state index >= 15 is 0 Å². The fraction of sp³-hybridized carbons (Fsp3) is 1.00. The summed E-state index contributed by atoms with van der Waals surface area (Å²) in [4.78, 5) is 0. The van der Waals surface area contributed by atoms with E-state index in [1.54, 1.807) is 0 Å². The molecule has 0 unspecified atom stereocenters. The van der Waals surface area contributed by atoms with Crippen molar-refractivity contribution in [1.82, 2.24) is 0 Å². The minimum atomic E-state index is 0. The zero-order valence-electron chi connectivity index (χ0n) is 2.49. The summed E-state index contributed by atoms with van der Waals surface area (Å²) in [6.45, 7) is 0. The molecule has 0 nitrogen and oxygen atoms in total. The Labute approximate surface area is 40.4 Å². The van der Waals surface area contributed by atoms with Gasteiger partial charge < -0.3 is 0 Å². The number of halogens is 2. The molecule has 0 spiro atoms. The Balaban J connectivity index is 0. The number of hydrogen-bond donors (Lipinski definition) is 0. The van der Waals surface area contributed by atoms with Crippen molar-refractivity contribution in [3.63, 3.8) is 0 Å². The molecule has 0 aromatic carbocycles. The maximum atomic E-state index is 5.06. The molecular formula is CH6Cl2Si. The SMILES string of the molecule is Cl.[SiH3]CCl. The Morgan fingerprint density at radius 2 is 1.75 bits per heavy atom. The van der Waals surface area contributed by atoms with Gasteiger partial charge in [0.05, 0.1) is 0 Å². The molecule has 0 aromatic heterocycles. The highest BCUT2D eigenvalue weighted by atomic mass is 35.5. The molecule has 0 bridgehead atoms. The van der Waals surface area contributed by atoms with E-state index in [0.29, 0.717) is 0 Å². The van der Waals surface area contributed by atoms with Gasteiger partial charge in [-0.3, -0.25) is 0 Å². The molecule has 4 heavy (non-hydrogen) atoms. The molecule has 28 valence electrons. The second kappa shape index (κ2) is 9.20. The first-order valence-electron chi connectivity index (χ1n) is 0.974. The van der Waals surface area contributed by atoms with Crippen LogP contribution < -0.4 is 0 Å². The zero-order valence-corrected chi connectivity index (χ0v) is 6.07. The first-order valence-corrected chi connectivity index (χ1v) is 2.92. The molecule has 0 aromatic rings. The fourth-order valence-electron chi connectivity index (χ4n) is 0. The van der Waals surface area contributed by atoms with Crippen LogP contribution in [0.2, 0.25) is 0 Å². The van der Waals surface area contributed by atoms with E-state index in [-0.39, 0.29) is 12.4 Å². The van der Waals surface area contributed by atoms with Crippen LogP contribution in [0.3, 0.4) is 0 Å². The summed E-state index contributed by atoms with van der Waals surface area (Å²) in [5.74, 6) is 0. The molecule has 0 amide bonds. The van der Waals surface area contributed by atoms with E-state index in [1.165, 1.54) is 0 Å². The van der Waals surface area contributed by atoms with Gasteiger partial charge in [-0.25, -0.2) is 0 Å². The summed E-state index contributed by atoms with van der Waals surface area (Å²) in [6.07, 6.45) is 0. The highest BCUT2D eigenvalue weighted by Gasteiger charge is 1.39. The van der Waals surface area contributed by atoms with Crippen molar-refractivity contribution in [2.75, 3.05) is 5.50 Å². The second-order valence-corrected chi connectivity index (χ2v) is 2.41. The molecule has 0 saturated carbocycles. The van der Waals surface area contributed by atoms with Crippen molar-refractivity contribution in [2.45, 2.75) is 0 Å². The normalized spacial score (nSPS) is 5.25. The van der Waals surface area contributed by atoms with Crippen LogP contribution in [0.15, 0.2) is 0 Å². The maximum Gasteiger partial charge on any atom is 0.0215 e. The zero-order chi connectivity index (χ0) is 2.71. The Hall–Kier alpha value is 0.797. The monoisotopic (exact) mass is 116 g/mol. The molecule has 0 atom stereocenters. The summed E-state index contributed by atoms with van der Waals surface area (Å²) in [5.41, 5.74) is 0.861. The third-order valence-corrected chi connectivity index (χ3v) is 0. The van der Waals surface area contributed by atoms with Crippen LogP contribution in [0, 0.1) is 0 Å². The highest BCUT2D eigenvalue weighted by Crippen LogP contribution is 1.52. The molecule has 0 heterocycles. The quantitative estimate of drug-likeness (QED) is 0.308. The van der Waals surface area contributed by atoms with E-state index in [0.717, 1.165) is 15.7 Å². The van der Waals surface area contributed by atoms with Crippen LogP contribution in [-0.2, 0) is 0 Å². The smallest absolute Gasteiger partial charge is 0.0215 e. The maximum absolute atomic E-state index is 5.06. The molecule has 3 heteroatoms. The van der Waals surface area contributed by atoms with Gasteiger partial charge in [0, 0.05) is 15.7 Å². The summed E-state index contributed by atoms with van der Waals surface area (Å²) in [5, 5.41) is 0. The molecule has 0 rings (SSSR count). The summed E-state index contributed by atoms with van der Waals surface area (Å²) in [7, 11) is 1.13. The van der Waals surface area contributed by atoms with E-state index < -0.39 is 0 Å². The van der Waals surface area contributed by atoms with Crippen molar-refractivity contribution in [2.24, 2.45) is 0 Å². The third-order valence-electron chi connectivity index (χ3n) is 0. The van der Waals surface area contributed by atoms with Crippen molar-refractivity contribution in [3.05, 3.63) is 0 Å². The molecule has 0 saturated heterocycles. The van der Waals surface area contributed by atoms with Crippen LogP contribution in [0.1, 0.15) is 0 Å². The van der Waals surface area contributed by atoms with Gasteiger partial charge in [-0.15, -0.1) is 24.0 Å². The van der Waals surface area contributed by atoms with Crippen molar-refractivity contribution in [1.29, 1.82) is 0 Å². The molecular weight excluding hydrogens is 111 g/mol. The van der Waals surface area contributed by atoms with Gasteiger partial charge in [-0.1, -0.05) is 0 Å². The number of rotatable bonds is 0. The van der Waals surface area contributed by atoms with Crippen LogP contribution >= 0.6 is 24.0 Å². The lowest BCUT2D eigenvalue weighted by molar-refractivity contribution is 2.20. The average Bonchev–Trinajstić information content (AvgIpc) is 0.918. The van der Waals surface area contributed by atoms with Crippen LogP contribution in [0.4, 0.5) is 0 Å². The summed E-state index contributed by atoms with van der Waals surface area (Å²) in [6, 6.07) is 0. The summed E-state index contributed by atoms with van der Waals surface area (Å²) < 4.78 is 0. The number of alkyl halides is 1. The minimum Gasteiger partial charge on any atom is -0.147 e. The third kappa shape index (κ3) is 14.2. The van der Waals surface area contributed by atoms with Crippen molar-refractivity contribution < 1.29 is 0 Å². The molecule has 0 fully saturated rings. The lowest BCUT2D eigenvalue weighted by Crippen LogP contribution is -1.53. The van der Waals surface area contributed by atoms with Gasteiger partial charge in [0.2, 0.25) is 0 Å². The first kappa shape index (κ1) is 8.84. The minimum absolute atomic E-state index is 0. The molecule has 0 aliphatic carbocycles. The second-order valence-electron chi connectivity index (χ2n) is 0.267. The summed E-state index contributed by atoms with van der Waals surface area (Å²) >= 11 is 5.06. The Morgan fingerprint density at radius 3 is 1.75 bits per heavy atom. The van der Waals surface area contributed by atoms with E-state index in [1.807, 2.05) is 0 Å². The van der Waals surface area contributed by atoms with Crippen molar-refractivity contribution >= 4 is 34.3 Å². The van der Waals surface area contributed by atoms with E-state index in [2.05, 4.69) is 0 Å². The highest BCUT2D eigenvalue weighted by molar-refractivity contribution is 6.36. The predicted octanol–water partition coefficient (Wildman–Crippen LogP) is -0.0301. The molecule has 0 aliphatic rings. The van der Waals surface area contributed by atoms with Crippen LogP contribution in [-0.4, -0.2) is 15.7 Å². The Bertz CT molecular complexity index is 6.00. The van der Waals surface area contributed by atoms with Gasteiger partial charge in [0.25, 0.3) is 0 Å². The van der Waals surface area contributed by atoms with Crippen LogP contribution in [0.5, 0.6) is 0 Å². The largest absolute Gasteiger partial charge is 0.147 e. The fourth-order valence-corrected chi connectivity index (χ4v) is 0. The Kier molecular flexibility index (Phi) is 20.3. The first-order chi connectivity index (χ1) is 1.41. The molecule has 0 aliphatic heterocycles. The van der Waals surface area contributed by atoms with Crippen molar-refractivity contribution in [3.8, 4) is 0 Å². The van der Waals surface area contributed by atoms with Gasteiger partial charge in [-0.2, -0.15) is 0 Å². The van der Waals surface area contributed by atoms with Gasteiger partial charge >= 0.3 is 0 Å². The van der Waals surface area contributed by atoms with Gasteiger partial charge in [0.15, 0.2) is 0 Å². The lowest BCUT2D eigenvalue weighted by Gasteiger charge is -1.44. The van der Waals surface area contributed by atoms with E-state index in [4.69, 9.17) is 11.6 Å². The predicted molar refractivity (Wildman–Crippen MR) is 27.9 cm³/mol. The standard InChI is InChI=1S/CH5ClSi.ClH/c2-1-3;/h1H2,3H3;1H. The molecule has 0 radical (unpaired) electrons. The molecule has 0 N–H and O–H groups in total. The topological polar surface area (TPSA) is 0 Å². The van der Waals surface area contributed by atoms with E-state index in [9.17, 15) is 0 Å². The van der Waals surface area contributed by atoms with Crippen LogP contribution in [0.25, 0.3) is 0 Å². The lowest BCUT2D eigenvalue weighted by atomic mass is 11.9. The average molecular weight is 117 g/mol. The van der Waals surface area contributed by atoms with Gasteiger partial charge in [-0.05, 0) is 0 Å².